The molecule has 15 heavy (non-hydrogen) atoms. The maximum Gasteiger partial charge on any atom is 0.0924 e. The van der Waals surface area contributed by atoms with Crippen LogP contribution in [0.1, 0.15) is 26.0 Å². The molecule has 0 bridgehead atoms. The van der Waals surface area contributed by atoms with E-state index in [1.54, 1.807) is 0 Å². The van der Waals surface area contributed by atoms with E-state index in [0.717, 1.165) is 18.5 Å². The predicted octanol–water partition coefficient (Wildman–Crippen LogP) is 2.45. The van der Waals surface area contributed by atoms with Crippen LogP contribution in [-0.4, -0.2) is 16.2 Å². The summed E-state index contributed by atoms with van der Waals surface area (Å²) in [6, 6.07) is 8.73. The van der Waals surface area contributed by atoms with E-state index < -0.39 is 0 Å². The van der Waals surface area contributed by atoms with E-state index in [2.05, 4.69) is 35.4 Å². The molecule has 0 saturated carbocycles. The minimum atomic E-state index is 0.548. The van der Waals surface area contributed by atoms with E-state index in [4.69, 9.17) is 0 Å². The Morgan fingerprint density at radius 2 is 2.20 bits per heavy atom. The van der Waals surface area contributed by atoms with E-state index in [0.29, 0.717) is 6.04 Å². The number of hydrogen-bond donors (Lipinski definition) is 2. The van der Waals surface area contributed by atoms with Gasteiger partial charge in [0.25, 0.3) is 0 Å². The van der Waals surface area contributed by atoms with Crippen LogP contribution in [0, 0.1) is 0 Å². The maximum atomic E-state index is 4.26. The van der Waals surface area contributed by atoms with Crippen LogP contribution in [0.2, 0.25) is 0 Å². The van der Waals surface area contributed by atoms with E-state index in [1.165, 1.54) is 11.1 Å². The molecule has 0 aliphatic heterocycles. The number of para-hydroxylation sites is 1. The van der Waals surface area contributed by atoms with Crippen molar-refractivity contribution in [1.29, 1.82) is 0 Å². The fourth-order valence-electron chi connectivity index (χ4n) is 1.57. The average molecular weight is 203 g/mol. The number of nitrogens with zero attached hydrogens (tertiary/aromatic N) is 1. The fraction of sp³-hybridized carbons (Fsp3) is 0.417. The summed E-state index contributed by atoms with van der Waals surface area (Å²) < 4.78 is 0. The molecule has 1 aromatic carbocycles. The highest BCUT2D eigenvalue weighted by Gasteiger charge is 2.04. The molecule has 0 amide bonds. The first-order chi connectivity index (χ1) is 7.31. The molecule has 3 nitrogen and oxygen atoms in total. The zero-order valence-electron chi connectivity index (χ0n) is 9.25. The van der Waals surface area contributed by atoms with Gasteiger partial charge >= 0.3 is 0 Å². The molecule has 1 unspecified atom stereocenters. The molecule has 0 radical (unpaired) electrons. The van der Waals surface area contributed by atoms with Gasteiger partial charge in [-0.15, -0.1) is 0 Å². The monoisotopic (exact) mass is 203 g/mol. The number of aromatic nitrogens is 2. The largest absolute Gasteiger partial charge is 0.309 e. The smallest absolute Gasteiger partial charge is 0.0924 e. The molecule has 3 heteroatoms. The van der Waals surface area contributed by atoms with Crippen molar-refractivity contribution >= 4 is 10.9 Å². The summed E-state index contributed by atoms with van der Waals surface area (Å²) in [5, 5.41) is 12.0. The Bertz CT molecular complexity index is 433. The summed E-state index contributed by atoms with van der Waals surface area (Å²) in [7, 11) is 0. The van der Waals surface area contributed by atoms with Crippen molar-refractivity contribution in [2.75, 3.05) is 0 Å². The third kappa shape index (κ3) is 2.18. The molecule has 0 aliphatic rings. The van der Waals surface area contributed by atoms with Crippen LogP contribution in [0.25, 0.3) is 10.9 Å². The normalized spacial score (nSPS) is 13.2. The highest BCUT2D eigenvalue weighted by atomic mass is 15.1. The van der Waals surface area contributed by atoms with Gasteiger partial charge < -0.3 is 5.32 Å². The molecule has 1 atom stereocenters. The quantitative estimate of drug-likeness (QED) is 0.801. The molecule has 2 aromatic rings. The van der Waals surface area contributed by atoms with Crippen LogP contribution in [0.4, 0.5) is 0 Å². The van der Waals surface area contributed by atoms with E-state index in [9.17, 15) is 0 Å². The lowest BCUT2D eigenvalue weighted by molar-refractivity contribution is 0.530. The molecule has 0 saturated heterocycles. The van der Waals surface area contributed by atoms with Gasteiger partial charge in [0.05, 0.1) is 11.2 Å². The SMILES string of the molecule is CCC(C)NCc1[nH]nc2ccccc12. The highest BCUT2D eigenvalue weighted by molar-refractivity contribution is 5.81. The Labute approximate surface area is 89.9 Å². The molecule has 80 valence electrons. The van der Waals surface area contributed by atoms with Crippen molar-refractivity contribution in [3.8, 4) is 0 Å². The van der Waals surface area contributed by atoms with Gasteiger partial charge in [-0.2, -0.15) is 5.10 Å². The lowest BCUT2D eigenvalue weighted by atomic mass is 10.2. The van der Waals surface area contributed by atoms with Gasteiger partial charge in [-0.05, 0) is 19.4 Å². The van der Waals surface area contributed by atoms with Gasteiger partial charge in [-0.3, -0.25) is 5.10 Å². The fourth-order valence-corrected chi connectivity index (χ4v) is 1.57. The number of fused-ring (bicyclic) bond motifs is 1. The highest BCUT2D eigenvalue weighted by Crippen LogP contribution is 2.14. The average Bonchev–Trinajstić information content (AvgIpc) is 2.69. The van der Waals surface area contributed by atoms with Gasteiger partial charge in [-0.25, -0.2) is 0 Å². The van der Waals surface area contributed by atoms with Crippen LogP contribution in [-0.2, 0) is 6.54 Å². The topological polar surface area (TPSA) is 40.7 Å². The van der Waals surface area contributed by atoms with Crippen LogP contribution in [0.3, 0.4) is 0 Å². The van der Waals surface area contributed by atoms with Crippen LogP contribution in [0.5, 0.6) is 0 Å². The molecule has 0 spiro atoms. The summed E-state index contributed by atoms with van der Waals surface area (Å²) in [5.74, 6) is 0. The second-order valence-corrected chi connectivity index (χ2v) is 3.91. The lowest BCUT2D eigenvalue weighted by Crippen LogP contribution is -2.24. The molecule has 1 aromatic heterocycles. The van der Waals surface area contributed by atoms with Crippen LogP contribution < -0.4 is 5.32 Å². The Morgan fingerprint density at radius 3 is 3.00 bits per heavy atom. The minimum absolute atomic E-state index is 0.548. The van der Waals surface area contributed by atoms with Gasteiger partial charge in [0.15, 0.2) is 0 Å². The van der Waals surface area contributed by atoms with Crippen molar-refractivity contribution in [2.24, 2.45) is 0 Å². The van der Waals surface area contributed by atoms with Gasteiger partial charge in [0.1, 0.15) is 0 Å². The summed E-state index contributed by atoms with van der Waals surface area (Å²) in [6.45, 7) is 5.23. The molecular weight excluding hydrogens is 186 g/mol. The summed E-state index contributed by atoms with van der Waals surface area (Å²) in [6.07, 6.45) is 1.14. The third-order valence-corrected chi connectivity index (χ3v) is 2.78. The van der Waals surface area contributed by atoms with Crippen molar-refractivity contribution < 1.29 is 0 Å². The van der Waals surface area contributed by atoms with Gasteiger partial charge in [0.2, 0.25) is 0 Å². The van der Waals surface area contributed by atoms with Crippen molar-refractivity contribution in [3.63, 3.8) is 0 Å². The van der Waals surface area contributed by atoms with Crippen LogP contribution >= 0.6 is 0 Å². The molecule has 2 N–H and O–H groups in total. The zero-order chi connectivity index (χ0) is 10.7. The van der Waals surface area contributed by atoms with Crippen LogP contribution in [0.15, 0.2) is 24.3 Å². The molecule has 0 fully saturated rings. The Balaban J connectivity index is 2.14. The Kier molecular flexibility index (Phi) is 3.02. The summed E-state index contributed by atoms with van der Waals surface area (Å²) in [5.41, 5.74) is 2.21. The predicted molar refractivity (Wildman–Crippen MR) is 62.7 cm³/mol. The second-order valence-electron chi connectivity index (χ2n) is 3.91. The number of benzene rings is 1. The number of nitrogens with one attached hydrogen (secondary N) is 2. The number of H-pyrrole nitrogens is 1. The standard InChI is InChI=1S/C12H17N3/c1-3-9(2)13-8-12-10-6-4-5-7-11(10)14-15-12/h4-7,9,13H,3,8H2,1-2H3,(H,14,15). The summed E-state index contributed by atoms with van der Waals surface area (Å²) >= 11 is 0. The minimum Gasteiger partial charge on any atom is -0.309 e. The molecule has 0 aliphatic carbocycles. The Hall–Kier alpha value is -1.35. The first kappa shape index (κ1) is 10.2. The van der Waals surface area contributed by atoms with Gasteiger partial charge in [-0.1, -0.05) is 25.1 Å². The first-order valence-corrected chi connectivity index (χ1v) is 5.46. The molecule has 1 heterocycles. The number of aromatic amines is 1. The molecular formula is C12H17N3. The van der Waals surface area contributed by atoms with Crippen molar-refractivity contribution in [3.05, 3.63) is 30.0 Å². The first-order valence-electron chi connectivity index (χ1n) is 5.46. The van der Waals surface area contributed by atoms with E-state index >= 15 is 0 Å². The van der Waals surface area contributed by atoms with Crippen molar-refractivity contribution in [1.82, 2.24) is 15.5 Å². The number of hydrogen-bond acceptors (Lipinski definition) is 2. The van der Waals surface area contributed by atoms with E-state index in [1.807, 2.05) is 18.2 Å². The maximum absolute atomic E-state index is 4.26. The summed E-state index contributed by atoms with van der Waals surface area (Å²) in [4.78, 5) is 0. The second kappa shape index (κ2) is 4.45. The lowest BCUT2D eigenvalue weighted by Gasteiger charge is -2.09. The molecule has 2 rings (SSSR count). The zero-order valence-corrected chi connectivity index (χ0v) is 9.25. The van der Waals surface area contributed by atoms with Gasteiger partial charge in [0, 0.05) is 18.0 Å². The van der Waals surface area contributed by atoms with Crippen molar-refractivity contribution in [2.45, 2.75) is 32.9 Å². The Morgan fingerprint density at radius 1 is 1.40 bits per heavy atom. The van der Waals surface area contributed by atoms with E-state index in [-0.39, 0.29) is 0 Å². The third-order valence-electron chi connectivity index (χ3n) is 2.78. The number of rotatable bonds is 4.